The topological polar surface area (TPSA) is 116 Å². The van der Waals surface area contributed by atoms with Gasteiger partial charge in [-0.3, -0.25) is 10.1 Å². The number of hydrogen-bond acceptors (Lipinski definition) is 7. The van der Waals surface area contributed by atoms with Crippen LogP contribution in [0, 0.1) is 17.0 Å². The highest BCUT2D eigenvalue weighted by Crippen LogP contribution is 2.34. The minimum absolute atomic E-state index is 0.0768. The Morgan fingerprint density at radius 1 is 1.45 bits per heavy atom. The third kappa shape index (κ3) is 2.83. The third-order valence-corrected chi connectivity index (χ3v) is 3.16. The van der Waals surface area contributed by atoms with Crippen molar-refractivity contribution in [1.29, 1.82) is 0 Å². The molecule has 0 amide bonds. The Labute approximate surface area is 122 Å². The van der Waals surface area contributed by atoms with Gasteiger partial charge in [0.1, 0.15) is 12.1 Å². The molecule has 3 N–H and O–H groups in total. The maximum absolute atomic E-state index is 10.8. The van der Waals surface area contributed by atoms with Gasteiger partial charge in [-0.25, -0.2) is 15.8 Å². The molecule has 20 heavy (non-hydrogen) atoms. The number of nitrogens with one attached hydrogen (secondary N) is 1. The number of hydrogen-bond donors (Lipinski definition) is 2. The van der Waals surface area contributed by atoms with E-state index in [0.29, 0.717) is 15.9 Å². The molecule has 0 fully saturated rings. The molecular weight excluding hydrogens is 330 g/mol. The van der Waals surface area contributed by atoms with Crippen molar-refractivity contribution in [1.82, 2.24) is 9.97 Å². The molecular formula is C11H10BrN5O3. The van der Waals surface area contributed by atoms with Crippen LogP contribution >= 0.6 is 15.9 Å². The summed E-state index contributed by atoms with van der Waals surface area (Å²) in [4.78, 5) is 18.2. The first-order valence-electron chi connectivity index (χ1n) is 5.43. The van der Waals surface area contributed by atoms with E-state index >= 15 is 0 Å². The van der Waals surface area contributed by atoms with Crippen molar-refractivity contribution in [3.05, 3.63) is 44.7 Å². The molecule has 2 rings (SSSR count). The Morgan fingerprint density at radius 3 is 2.85 bits per heavy atom. The van der Waals surface area contributed by atoms with Crippen molar-refractivity contribution < 1.29 is 9.66 Å². The van der Waals surface area contributed by atoms with Crippen LogP contribution in [0.2, 0.25) is 0 Å². The summed E-state index contributed by atoms with van der Waals surface area (Å²) in [6.45, 7) is 1.72. The molecule has 0 unspecified atom stereocenters. The van der Waals surface area contributed by atoms with Crippen LogP contribution < -0.4 is 16.0 Å². The SMILES string of the molecule is Cc1c(NN)ncnc1Oc1cc([N+](=O)[O-])ccc1Br. The van der Waals surface area contributed by atoms with Gasteiger partial charge in [-0.15, -0.1) is 0 Å². The number of anilines is 1. The van der Waals surface area contributed by atoms with Gasteiger partial charge >= 0.3 is 0 Å². The van der Waals surface area contributed by atoms with Crippen LogP contribution in [0.25, 0.3) is 0 Å². The zero-order valence-corrected chi connectivity index (χ0v) is 11.9. The second-order valence-electron chi connectivity index (χ2n) is 3.77. The zero-order valence-electron chi connectivity index (χ0n) is 10.3. The van der Waals surface area contributed by atoms with Crippen molar-refractivity contribution >= 4 is 27.4 Å². The molecule has 0 aliphatic heterocycles. The Bertz CT molecular complexity index is 665. The van der Waals surface area contributed by atoms with Crippen molar-refractivity contribution in [2.75, 3.05) is 5.43 Å². The first-order chi connectivity index (χ1) is 9.52. The first-order valence-corrected chi connectivity index (χ1v) is 6.22. The molecule has 0 bridgehead atoms. The average molecular weight is 340 g/mol. The van der Waals surface area contributed by atoms with Gasteiger partial charge in [-0.05, 0) is 28.9 Å². The number of benzene rings is 1. The van der Waals surface area contributed by atoms with E-state index in [1.54, 1.807) is 6.92 Å². The van der Waals surface area contributed by atoms with E-state index in [2.05, 4.69) is 31.3 Å². The fraction of sp³-hybridized carbons (Fsp3) is 0.0909. The van der Waals surface area contributed by atoms with Crippen LogP contribution in [0.3, 0.4) is 0 Å². The Hall–Kier alpha value is -2.26. The van der Waals surface area contributed by atoms with Crippen LogP contribution in [-0.4, -0.2) is 14.9 Å². The molecule has 0 saturated carbocycles. The molecule has 0 radical (unpaired) electrons. The van der Waals surface area contributed by atoms with Crippen molar-refractivity contribution in [2.45, 2.75) is 6.92 Å². The maximum Gasteiger partial charge on any atom is 0.273 e. The molecule has 1 aromatic heterocycles. The summed E-state index contributed by atoms with van der Waals surface area (Å²) in [5, 5.41) is 10.8. The standard InChI is InChI=1S/C11H10BrN5O3/c1-6-10(16-13)14-5-15-11(6)20-9-4-7(17(18)19)2-3-8(9)12/h2-5H,13H2,1H3,(H,14,15,16). The number of aromatic nitrogens is 2. The summed E-state index contributed by atoms with van der Waals surface area (Å²) in [5.41, 5.74) is 2.93. The van der Waals surface area contributed by atoms with Gasteiger partial charge in [0.15, 0.2) is 5.75 Å². The summed E-state index contributed by atoms with van der Waals surface area (Å²) in [7, 11) is 0. The Kier molecular flexibility index (Phi) is 4.11. The normalized spacial score (nSPS) is 10.2. The number of non-ortho nitro benzene ring substituents is 1. The van der Waals surface area contributed by atoms with Crippen LogP contribution in [0.4, 0.5) is 11.5 Å². The lowest BCUT2D eigenvalue weighted by atomic mass is 10.3. The number of rotatable bonds is 4. The van der Waals surface area contributed by atoms with Crippen LogP contribution in [0.1, 0.15) is 5.56 Å². The smallest absolute Gasteiger partial charge is 0.273 e. The molecule has 0 aliphatic carbocycles. The van der Waals surface area contributed by atoms with E-state index in [0.717, 1.165) is 0 Å². The zero-order chi connectivity index (χ0) is 14.7. The summed E-state index contributed by atoms with van der Waals surface area (Å²) < 4.78 is 6.15. The minimum Gasteiger partial charge on any atom is -0.437 e. The number of nitrogens with two attached hydrogens (primary N) is 1. The molecule has 2 aromatic rings. The van der Waals surface area contributed by atoms with Gasteiger partial charge in [0.2, 0.25) is 5.88 Å². The van der Waals surface area contributed by atoms with Crippen LogP contribution in [0.5, 0.6) is 11.6 Å². The number of halogens is 1. The van der Waals surface area contributed by atoms with Gasteiger partial charge in [0.25, 0.3) is 5.69 Å². The number of nitro groups is 1. The van der Waals surface area contributed by atoms with E-state index in [4.69, 9.17) is 10.6 Å². The predicted octanol–water partition coefficient (Wildman–Crippen LogP) is 2.53. The summed E-state index contributed by atoms with van der Waals surface area (Å²) in [6, 6.07) is 4.21. The second-order valence-corrected chi connectivity index (χ2v) is 4.62. The highest BCUT2D eigenvalue weighted by molar-refractivity contribution is 9.10. The molecule has 0 spiro atoms. The fourth-order valence-electron chi connectivity index (χ4n) is 1.47. The molecule has 1 heterocycles. The Balaban J connectivity index is 2.39. The lowest BCUT2D eigenvalue weighted by molar-refractivity contribution is -0.384. The van der Waals surface area contributed by atoms with Gasteiger partial charge in [0.05, 0.1) is 21.0 Å². The van der Waals surface area contributed by atoms with Crippen molar-refractivity contribution in [2.24, 2.45) is 5.84 Å². The van der Waals surface area contributed by atoms with Crippen LogP contribution in [-0.2, 0) is 0 Å². The van der Waals surface area contributed by atoms with Crippen LogP contribution in [0.15, 0.2) is 29.0 Å². The van der Waals surface area contributed by atoms with E-state index in [1.165, 1.54) is 24.5 Å². The average Bonchev–Trinajstić information content (AvgIpc) is 2.43. The highest BCUT2D eigenvalue weighted by Gasteiger charge is 2.14. The van der Waals surface area contributed by atoms with E-state index < -0.39 is 4.92 Å². The monoisotopic (exact) mass is 339 g/mol. The van der Waals surface area contributed by atoms with E-state index in [9.17, 15) is 10.1 Å². The van der Waals surface area contributed by atoms with Crippen molar-refractivity contribution in [3.8, 4) is 11.6 Å². The van der Waals surface area contributed by atoms with Gasteiger partial charge in [-0.1, -0.05) is 0 Å². The Morgan fingerprint density at radius 2 is 2.20 bits per heavy atom. The lowest BCUT2D eigenvalue weighted by Gasteiger charge is -2.10. The summed E-state index contributed by atoms with van der Waals surface area (Å²) in [6.07, 6.45) is 1.28. The quantitative estimate of drug-likeness (QED) is 0.499. The maximum atomic E-state index is 10.8. The number of nitro benzene ring substituents is 1. The third-order valence-electron chi connectivity index (χ3n) is 2.51. The molecule has 0 saturated heterocycles. The minimum atomic E-state index is -0.501. The van der Waals surface area contributed by atoms with E-state index in [-0.39, 0.29) is 17.3 Å². The number of hydrazine groups is 1. The van der Waals surface area contributed by atoms with Crippen molar-refractivity contribution in [3.63, 3.8) is 0 Å². The van der Waals surface area contributed by atoms with Gasteiger partial charge in [0, 0.05) is 6.07 Å². The van der Waals surface area contributed by atoms with E-state index in [1.807, 2.05) is 0 Å². The van der Waals surface area contributed by atoms with Gasteiger partial charge < -0.3 is 10.2 Å². The number of nitrogen functional groups attached to an aromatic ring is 1. The lowest BCUT2D eigenvalue weighted by Crippen LogP contribution is -2.11. The number of nitrogens with zero attached hydrogens (tertiary/aromatic N) is 3. The number of ether oxygens (including phenoxy) is 1. The molecule has 1 aromatic carbocycles. The second kappa shape index (κ2) is 5.80. The summed E-state index contributed by atoms with van der Waals surface area (Å²) >= 11 is 3.27. The largest absolute Gasteiger partial charge is 0.437 e. The first kappa shape index (κ1) is 14.2. The molecule has 8 nitrogen and oxygen atoms in total. The predicted molar refractivity (Wildman–Crippen MR) is 75.4 cm³/mol. The molecule has 0 atom stereocenters. The highest BCUT2D eigenvalue weighted by atomic mass is 79.9. The molecule has 104 valence electrons. The van der Waals surface area contributed by atoms with Gasteiger partial charge in [-0.2, -0.15) is 0 Å². The fourth-order valence-corrected chi connectivity index (χ4v) is 1.80. The summed E-state index contributed by atoms with van der Waals surface area (Å²) in [5.74, 6) is 6.27. The molecule has 9 heteroatoms. The molecule has 0 aliphatic rings.